The fraction of sp³-hybridized carbons (Fsp3) is 0.500. The van der Waals surface area contributed by atoms with E-state index in [0.717, 1.165) is 23.6 Å². The van der Waals surface area contributed by atoms with Crippen molar-refractivity contribution in [1.82, 2.24) is 5.32 Å². The molecule has 1 aromatic carbocycles. The van der Waals surface area contributed by atoms with Crippen LogP contribution in [0.15, 0.2) is 40.8 Å². The minimum absolute atomic E-state index is 0.0891. The molecule has 0 aromatic heterocycles. The highest BCUT2D eigenvalue weighted by molar-refractivity contribution is 8.00. The van der Waals surface area contributed by atoms with E-state index in [1.165, 1.54) is 31.3 Å². The molecule has 3 nitrogen and oxygen atoms in total. The van der Waals surface area contributed by atoms with Crippen LogP contribution in [0.25, 0.3) is 0 Å². The van der Waals surface area contributed by atoms with Crippen molar-refractivity contribution in [3.63, 3.8) is 0 Å². The van der Waals surface area contributed by atoms with Crippen LogP contribution in [-0.4, -0.2) is 24.8 Å². The van der Waals surface area contributed by atoms with Crippen LogP contribution in [-0.2, 0) is 4.79 Å². The van der Waals surface area contributed by atoms with Crippen molar-refractivity contribution in [2.75, 3.05) is 13.7 Å². The summed E-state index contributed by atoms with van der Waals surface area (Å²) in [6, 6.07) is 7.81. The zero-order valence-corrected chi connectivity index (χ0v) is 14.2. The van der Waals surface area contributed by atoms with Gasteiger partial charge >= 0.3 is 0 Å². The number of benzene rings is 1. The minimum atomic E-state index is -0.0891. The number of rotatable bonds is 7. The molecule has 0 saturated heterocycles. The molecule has 120 valence electrons. The Labute approximate surface area is 137 Å². The molecule has 1 N–H and O–H groups in total. The van der Waals surface area contributed by atoms with Gasteiger partial charge in [0.05, 0.1) is 12.4 Å². The van der Waals surface area contributed by atoms with Crippen molar-refractivity contribution < 1.29 is 9.53 Å². The summed E-state index contributed by atoms with van der Waals surface area (Å²) in [5, 5.41) is 2.96. The average Bonchev–Trinajstić information content (AvgIpc) is 2.56. The SMILES string of the molecule is COc1ccc(S[C@@H](C)C(=O)NCCC2=CCCCC2)cc1. The Morgan fingerprint density at radius 3 is 2.73 bits per heavy atom. The summed E-state index contributed by atoms with van der Waals surface area (Å²) in [6.07, 6.45) is 8.34. The molecular weight excluding hydrogens is 294 g/mol. The van der Waals surface area contributed by atoms with Crippen molar-refractivity contribution in [3.05, 3.63) is 35.9 Å². The number of amides is 1. The van der Waals surface area contributed by atoms with E-state index in [4.69, 9.17) is 4.74 Å². The second-order valence-electron chi connectivity index (χ2n) is 5.58. The summed E-state index contributed by atoms with van der Waals surface area (Å²) >= 11 is 1.57. The highest BCUT2D eigenvalue weighted by atomic mass is 32.2. The Morgan fingerprint density at radius 1 is 1.32 bits per heavy atom. The lowest BCUT2D eigenvalue weighted by molar-refractivity contribution is -0.120. The fourth-order valence-corrected chi connectivity index (χ4v) is 3.43. The van der Waals surface area contributed by atoms with Crippen LogP contribution < -0.4 is 10.1 Å². The number of methoxy groups -OCH3 is 1. The maximum atomic E-state index is 12.1. The van der Waals surface area contributed by atoms with Gasteiger partial charge in [0, 0.05) is 11.4 Å². The van der Waals surface area contributed by atoms with E-state index in [0.29, 0.717) is 0 Å². The van der Waals surface area contributed by atoms with Gasteiger partial charge < -0.3 is 10.1 Å². The molecule has 4 heteroatoms. The first-order valence-electron chi connectivity index (χ1n) is 7.95. The summed E-state index contributed by atoms with van der Waals surface area (Å²) in [5.74, 6) is 0.944. The van der Waals surface area contributed by atoms with Gasteiger partial charge in [-0.1, -0.05) is 11.6 Å². The first-order valence-corrected chi connectivity index (χ1v) is 8.83. The van der Waals surface area contributed by atoms with Crippen LogP contribution in [0.4, 0.5) is 0 Å². The van der Waals surface area contributed by atoms with Gasteiger partial charge in [-0.25, -0.2) is 0 Å². The molecule has 0 aliphatic heterocycles. The second kappa shape index (κ2) is 8.89. The normalized spacial score (nSPS) is 15.8. The van der Waals surface area contributed by atoms with Crippen LogP contribution in [0.1, 0.15) is 39.0 Å². The van der Waals surface area contributed by atoms with Crippen molar-refractivity contribution in [3.8, 4) is 5.75 Å². The molecule has 1 amide bonds. The van der Waals surface area contributed by atoms with Crippen LogP contribution >= 0.6 is 11.8 Å². The van der Waals surface area contributed by atoms with Gasteiger partial charge in [0.25, 0.3) is 0 Å². The van der Waals surface area contributed by atoms with Gasteiger partial charge in [0.1, 0.15) is 5.75 Å². The van der Waals surface area contributed by atoms with E-state index in [-0.39, 0.29) is 11.2 Å². The van der Waals surface area contributed by atoms with Crippen LogP contribution in [0.2, 0.25) is 0 Å². The predicted molar refractivity (Wildman–Crippen MR) is 92.5 cm³/mol. The highest BCUT2D eigenvalue weighted by Crippen LogP contribution is 2.25. The van der Waals surface area contributed by atoms with E-state index in [1.54, 1.807) is 18.9 Å². The number of nitrogens with one attached hydrogen (secondary N) is 1. The molecule has 0 radical (unpaired) electrons. The molecule has 0 heterocycles. The van der Waals surface area contributed by atoms with Crippen molar-refractivity contribution >= 4 is 17.7 Å². The molecule has 1 aromatic rings. The highest BCUT2D eigenvalue weighted by Gasteiger charge is 2.14. The van der Waals surface area contributed by atoms with E-state index in [2.05, 4.69) is 11.4 Å². The molecule has 0 saturated carbocycles. The first-order chi connectivity index (χ1) is 10.7. The lowest BCUT2D eigenvalue weighted by Gasteiger charge is -2.15. The number of thioether (sulfide) groups is 1. The van der Waals surface area contributed by atoms with Gasteiger partial charge in [-0.2, -0.15) is 0 Å². The Hall–Kier alpha value is -1.42. The molecule has 0 spiro atoms. The lowest BCUT2D eigenvalue weighted by Crippen LogP contribution is -2.31. The van der Waals surface area contributed by atoms with Crippen molar-refractivity contribution in [1.29, 1.82) is 0 Å². The topological polar surface area (TPSA) is 38.3 Å². The van der Waals surface area contributed by atoms with Gasteiger partial charge in [-0.15, -0.1) is 11.8 Å². The minimum Gasteiger partial charge on any atom is -0.497 e. The smallest absolute Gasteiger partial charge is 0.233 e. The third-order valence-electron chi connectivity index (χ3n) is 3.87. The summed E-state index contributed by atoms with van der Waals surface area (Å²) in [4.78, 5) is 13.2. The molecule has 22 heavy (non-hydrogen) atoms. The molecule has 1 atom stereocenters. The monoisotopic (exact) mass is 319 g/mol. The molecular formula is C18H25NO2S. The quantitative estimate of drug-likeness (QED) is 0.605. The van der Waals surface area contributed by atoms with Gasteiger partial charge in [-0.3, -0.25) is 4.79 Å². The zero-order chi connectivity index (χ0) is 15.8. The second-order valence-corrected chi connectivity index (χ2v) is 7.00. The van der Waals surface area contributed by atoms with E-state index in [9.17, 15) is 4.79 Å². The number of ether oxygens (including phenoxy) is 1. The molecule has 0 unspecified atom stereocenters. The lowest BCUT2D eigenvalue weighted by atomic mass is 9.97. The summed E-state index contributed by atoms with van der Waals surface area (Å²) < 4.78 is 5.14. The summed E-state index contributed by atoms with van der Waals surface area (Å²) in [5.41, 5.74) is 1.50. The van der Waals surface area contributed by atoms with Crippen molar-refractivity contribution in [2.45, 2.75) is 49.2 Å². The van der Waals surface area contributed by atoms with E-state index >= 15 is 0 Å². The van der Waals surface area contributed by atoms with Gasteiger partial charge in [0.2, 0.25) is 5.91 Å². The third kappa shape index (κ3) is 5.41. The Morgan fingerprint density at radius 2 is 2.09 bits per heavy atom. The molecule has 0 bridgehead atoms. The first kappa shape index (κ1) is 16.9. The third-order valence-corrected chi connectivity index (χ3v) is 4.98. The summed E-state index contributed by atoms with van der Waals surface area (Å²) in [7, 11) is 1.65. The number of carbonyl (C=O) groups is 1. The molecule has 2 rings (SSSR count). The van der Waals surface area contributed by atoms with Gasteiger partial charge in [0.15, 0.2) is 0 Å². The summed E-state index contributed by atoms with van der Waals surface area (Å²) in [6.45, 7) is 2.70. The maximum absolute atomic E-state index is 12.1. The predicted octanol–water partition coefficient (Wildman–Crippen LogP) is 4.18. The van der Waals surface area contributed by atoms with Crippen LogP contribution in [0.3, 0.4) is 0 Å². The number of hydrogen-bond donors (Lipinski definition) is 1. The zero-order valence-electron chi connectivity index (χ0n) is 13.4. The maximum Gasteiger partial charge on any atom is 0.233 e. The van der Waals surface area contributed by atoms with Crippen LogP contribution in [0, 0.1) is 0 Å². The fourth-order valence-electron chi connectivity index (χ4n) is 2.53. The molecule has 1 aliphatic carbocycles. The number of carbonyl (C=O) groups excluding carboxylic acids is 1. The van der Waals surface area contributed by atoms with E-state index in [1.807, 2.05) is 31.2 Å². The van der Waals surface area contributed by atoms with Crippen LogP contribution in [0.5, 0.6) is 5.75 Å². The molecule has 0 fully saturated rings. The molecule has 1 aliphatic rings. The number of allylic oxidation sites excluding steroid dienone is 1. The van der Waals surface area contributed by atoms with Crippen molar-refractivity contribution in [2.24, 2.45) is 0 Å². The average molecular weight is 319 g/mol. The Kier molecular flexibility index (Phi) is 6.84. The van der Waals surface area contributed by atoms with Gasteiger partial charge in [-0.05, 0) is 63.3 Å². The number of hydrogen-bond acceptors (Lipinski definition) is 3. The Balaban J connectivity index is 1.72. The standard InChI is InChI=1S/C18H25NO2S/c1-14(22-17-10-8-16(21-2)9-11-17)18(20)19-13-12-15-6-4-3-5-7-15/h6,8-11,14H,3-5,7,12-13H2,1-2H3,(H,19,20)/t14-/m0/s1. The Bertz CT molecular complexity index is 510. The largest absolute Gasteiger partial charge is 0.497 e. The van der Waals surface area contributed by atoms with E-state index < -0.39 is 0 Å².